The summed E-state index contributed by atoms with van der Waals surface area (Å²) in [6, 6.07) is 7.33. The summed E-state index contributed by atoms with van der Waals surface area (Å²) in [6.07, 6.45) is 3.18. The zero-order valence-electron chi connectivity index (χ0n) is 15.6. The van der Waals surface area contributed by atoms with Crippen molar-refractivity contribution in [3.05, 3.63) is 63.2 Å². The lowest BCUT2D eigenvalue weighted by Crippen LogP contribution is -2.26. The molecule has 3 aromatic rings. The van der Waals surface area contributed by atoms with Gasteiger partial charge in [-0.3, -0.25) is 4.79 Å². The molecule has 0 aliphatic rings. The molecule has 2 heterocycles. The fourth-order valence-corrected chi connectivity index (χ4v) is 3.51. The number of nitrogens with one attached hydrogen (secondary N) is 1. The van der Waals surface area contributed by atoms with Gasteiger partial charge in [0, 0.05) is 25.9 Å². The van der Waals surface area contributed by atoms with Crippen molar-refractivity contribution in [3.63, 3.8) is 0 Å². The lowest BCUT2D eigenvalue weighted by Gasteiger charge is -2.12. The number of amides is 1. The number of hydrogen-bond acceptors (Lipinski definition) is 6. The SMILES string of the molecule is Cc1csc2nc(C(C)NC(=O)/C=C/c3ccc(N(C)C)cc3)oc(=O)c12. The van der Waals surface area contributed by atoms with Crippen LogP contribution in [-0.4, -0.2) is 25.0 Å². The molecule has 0 bridgehead atoms. The van der Waals surface area contributed by atoms with Crippen molar-refractivity contribution < 1.29 is 9.21 Å². The van der Waals surface area contributed by atoms with E-state index in [2.05, 4.69) is 10.3 Å². The summed E-state index contributed by atoms with van der Waals surface area (Å²) in [5.41, 5.74) is 2.43. The van der Waals surface area contributed by atoms with Gasteiger partial charge in [-0.15, -0.1) is 11.3 Å². The van der Waals surface area contributed by atoms with Gasteiger partial charge >= 0.3 is 5.63 Å². The summed E-state index contributed by atoms with van der Waals surface area (Å²) < 4.78 is 5.29. The van der Waals surface area contributed by atoms with Crippen molar-refractivity contribution in [1.82, 2.24) is 10.3 Å². The van der Waals surface area contributed by atoms with Crippen LogP contribution in [0.15, 0.2) is 44.9 Å². The second-order valence-electron chi connectivity index (χ2n) is 6.49. The van der Waals surface area contributed by atoms with Crippen molar-refractivity contribution >= 4 is 39.2 Å². The summed E-state index contributed by atoms with van der Waals surface area (Å²) in [5.74, 6) is -0.0856. The minimum Gasteiger partial charge on any atom is -0.406 e. The molecular formula is C20H21N3O3S. The summed E-state index contributed by atoms with van der Waals surface area (Å²) in [7, 11) is 3.95. The van der Waals surface area contributed by atoms with Gasteiger partial charge in [0.2, 0.25) is 11.8 Å². The highest BCUT2D eigenvalue weighted by molar-refractivity contribution is 7.16. The van der Waals surface area contributed by atoms with E-state index in [-0.39, 0.29) is 11.8 Å². The van der Waals surface area contributed by atoms with E-state index in [9.17, 15) is 9.59 Å². The number of hydrogen-bond donors (Lipinski definition) is 1. The normalized spacial score (nSPS) is 12.4. The second kappa shape index (κ2) is 7.75. The summed E-state index contributed by atoms with van der Waals surface area (Å²) in [5, 5.41) is 5.14. The van der Waals surface area contributed by atoms with Gasteiger partial charge in [-0.1, -0.05) is 12.1 Å². The van der Waals surface area contributed by atoms with Crippen molar-refractivity contribution in [3.8, 4) is 0 Å². The average molecular weight is 383 g/mol. The van der Waals surface area contributed by atoms with Crippen LogP contribution in [-0.2, 0) is 4.79 Å². The molecule has 1 unspecified atom stereocenters. The van der Waals surface area contributed by atoms with Crippen LogP contribution in [0, 0.1) is 6.92 Å². The van der Waals surface area contributed by atoms with E-state index in [4.69, 9.17) is 4.42 Å². The molecule has 1 amide bonds. The topological polar surface area (TPSA) is 75.4 Å². The highest BCUT2D eigenvalue weighted by atomic mass is 32.1. The number of anilines is 1. The minimum atomic E-state index is -0.516. The molecule has 3 rings (SSSR count). The lowest BCUT2D eigenvalue weighted by molar-refractivity contribution is -0.117. The van der Waals surface area contributed by atoms with Gasteiger partial charge in [0.05, 0.1) is 5.39 Å². The van der Waals surface area contributed by atoms with Crippen LogP contribution >= 0.6 is 11.3 Å². The molecule has 140 valence electrons. The van der Waals surface area contributed by atoms with E-state index in [0.29, 0.717) is 10.2 Å². The zero-order chi connectivity index (χ0) is 19.6. The molecule has 0 saturated carbocycles. The molecule has 0 fully saturated rings. The number of benzene rings is 1. The predicted molar refractivity (Wildman–Crippen MR) is 109 cm³/mol. The summed E-state index contributed by atoms with van der Waals surface area (Å²) >= 11 is 1.39. The Kier molecular flexibility index (Phi) is 5.41. The number of nitrogens with zero attached hydrogens (tertiary/aromatic N) is 2. The molecule has 27 heavy (non-hydrogen) atoms. The first-order valence-electron chi connectivity index (χ1n) is 8.50. The Bertz CT molecular complexity index is 1050. The predicted octanol–water partition coefficient (Wildman–Crippen LogP) is 3.51. The molecule has 0 aliphatic carbocycles. The molecule has 1 atom stereocenters. The van der Waals surface area contributed by atoms with Crippen molar-refractivity contribution in [2.45, 2.75) is 19.9 Å². The van der Waals surface area contributed by atoms with Gasteiger partial charge in [-0.05, 0) is 48.6 Å². The Hall–Kier alpha value is -2.93. The van der Waals surface area contributed by atoms with Crippen LogP contribution in [0.4, 0.5) is 5.69 Å². The molecule has 0 spiro atoms. The van der Waals surface area contributed by atoms with Gasteiger partial charge in [-0.2, -0.15) is 0 Å². The lowest BCUT2D eigenvalue weighted by atomic mass is 10.2. The number of aromatic nitrogens is 1. The molecule has 1 aromatic carbocycles. The molecule has 6 nitrogen and oxygen atoms in total. The molecule has 0 saturated heterocycles. The average Bonchev–Trinajstić information content (AvgIpc) is 3.01. The third kappa shape index (κ3) is 4.25. The third-order valence-corrected chi connectivity index (χ3v) is 5.12. The maximum atomic E-state index is 12.2. The van der Waals surface area contributed by atoms with Crippen molar-refractivity contribution in [1.29, 1.82) is 0 Å². The van der Waals surface area contributed by atoms with E-state index in [1.165, 1.54) is 17.4 Å². The van der Waals surface area contributed by atoms with E-state index in [0.717, 1.165) is 16.8 Å². The van der Waals surface area contributed by atoms with E-state index in [1.807, 2.05) is 55.6 Å². The monoisotopic (exact) mass is 383 g/mol. The second-order valence-corrected chi connectivity index (χ2v) is 7.35. The van der Waals surface area contributed by atoms with Crippen LogP contribution in [0.25, 0.3) is 16.3 Å². The van der Waals surface area contributed by atoms with E-state index >= 15 is 0 Å². The minimum absolute atomic E-state index is 0.200. The third-order valence-electron chi connectivity index (χ3n) is 4.13. The molecular weight excluding hydrogens is 362 g/mol. The molecule has 7 heteroatoms. The molecule has 1 N–H and O–H groups in total. The molecule has 2 aromatic heterocycles. The van der Waals surface area contributed by atoms with E-state index in [1.54, 1.807) is 13.0 Å². The first-order valence-corrected chi connectivity index (χ1v) is 9.38. The summed E-state index contributed by atoms with van der Waals surface area (Å²) in [4.78, 5) is 31.3. The smallest absolute Gasteiger partial charge is 0.348 e. The van der Waals surface area contributed by atoms with Crippen molar-refractivity contribution in [2.75, 3.05) is 19.0 Å². The van der Waals surface area contributed by atoms with Crippen LogP contribution in [0.5, 0.6) is 0 Å². The Morgan fingerprint density at radius 2 is 2.00 bits per heavy atom. The van der Waals surface area contributed by atoms with Gasteiger partial charge in [0.1, 0.15) is 10.9 Å². The maximum Gasteiger partial charge on any atom is 0.348 e. The fourth-order valence-electron chi connectivity index (χ4n) is 2.59. The number of carbonyl (C=O) groups excluding carboxylic acids is 1. The van der Waals surface area contributed by atoms with Gasteiger partial charge < -0.3 is 14.6 Å². The van der Waals surface area contributed by atoms with Gasteiger partial charge in [-0.25, -0.2) is 9.78 Å². The number of thiophene rings is 1. The zero-order valence-corrected chi connectivity index (χ0v) is 16.5. The largest absolute Gasteiger partial charge is 0.406 e. The number of aryl methyl sites for hydroxylation is 1. The van der Waals surface area contributed by atoms with Crippen LogP contribution in [0.2, 0.25) is 0 Å². The van der Waals surface area contributed by atoms with Gasteiger partial charge in [0.25, 0.3) is 0 Å². The van der Waals surface area contributed by atoms with Gasteiger partial charge in [0.15, 0.2) is 0 Å². The number of fused-ring (bicyclic) bond motifs is 1. The maximum absolute atomic E-state index is 12.2. The Labute approximate surface area is 161 Å². The van der Waals surface area contributed by atoms with Crippen LogP contribution < -0.4 is 15.8 Å². The quantitative estimate of drug-likeness (QED) is 0.683. The fraction of sp³-hybridized carbons (Fsp3) is 0.250. The number of carbonyl (C=O) groups is 1. The first-order chi connectivity index (χ1) is 12.8. The van der Waals surface area contributed by atoms with Crippen LogP contribution in [0.3, 0.4) is 0 Å². The molecule has 0 aliphatic heterocycles. The number of rotatable bonds is 5. The first kappa shape index (κ1) is 18.8. The highest BCUT2D eigenvalue weighted by Crippen LogP contribution is 2.22. The Morgan fingerprint density at radius 3 is 2.67 bits per heavy atom. The van der Waals surface area contributed by atoms with E-state index < -0.39 is 11.7 Å². The Morgan fingerprint density at radius 1 is 1.30 bits per heavy atom. The summed E-state index contributed by atoms with van der Waals surface area (Å²) in [6.45, 7) is 3.58. The van der Waals surface area contributed by atoms with Crippen molar-refractivity contribution in [2.24, 2.45) is 0 Å². The van der Waals surface area contributed by atoms with Crippen LogP contribution in [0.1, 0.15) is 30.0 Å². The molecule has 0 radical (unpaired) electrons. The standard InChI is InChI=1S/C20H21N3O3S/c1-12-11-27-19-17(12)20(25)26-18(22-19)13(2)21-16(24)10-7-14-5-8-15(9-6-14)23(3)4/h5-11,13H,1-4H3,(H,21,24)/b10-7+. The Balaban J connectivity index is 1.69. The highest BCUT2D eigenvalue weighted by Gasteiger charge is 2.16.